The molecule has 106 valence electrons. The summed E-state index contributed by atoms with van der Waals surface area (Å²) in [4.78, 5) is 28.9. The maximum Gasteiger partial charge on any atom is 0.338 e. The molecule has 0 aliphatic carbocycles. The molecule has 0 unspecified atom stereocenters. The Balaban J connectivity index is 3.05. The van der Waals surface area contributed by atoms with E-state index in [0.29, 0.717) is 6.54 Å². The van der Waals surface area contributed by atoms with E-state index >= 15 is 0 Å². The number of carbonyl (C=O) groups is 2. The predicted octanol–water partition coefficient (Wildman–Crippen LogP) is 1.79. The Morgan fingerprint density at radius 2 is 2.20 bits per heavy atom. The van der Waals surface area contributed by atoms with Crippen molar-refractivity contribution in [2.75, 3.05) is 13.1 Å². The van der Waals surface area contributed by atoms with E-state index in [1.54, 1.807) is 0 Å². The number of carboxylic acid groups (broad SMARTS) is 1. The minimum absolute atomic E-state index is 0.0846. The molecule has 0 saturated carbocycles. The van der Waals surface area contributed by atoms with Crippen molar-refractivity contribution in [2.24, 2.45) is 5.92 Å². The number of amides is 1. The molecule has 0 aliphatic rings. The smallest absolute Gasteiger partial charge is 0.338 e. The Bertz CT molecular complexity index is 535. The van der Waals surface area contributed by atoms with Crippen LogP contribution in [0.3, 0.4) is 0 Å². The summed E-state index contributed by atoms with van der Waals surface area (Å²) in [6.45, 7) is 4.62. The molecule has 20 heavy (non-hydrogen) atoms. The first kappa shape index (κ1) is 15.6. The van der Waals surface area contributed by atoms with Gasteiger partial charge in [0, 0.05) is 19.3 Å². The molecular weight excluding hydrogens is 258 g/mol. The number of carbonyl (C=O) groups excluding carboxylic acids is 1. The van der Waals surface area contributed by atoms with Crippen molar-refractivity contribution in [3.8, 4) is 6.07 Å². The lowest BCUT2D eigenvalue weighted by Gasteiger charge is -2.23. The fourth-order valence-electron chi connectivity index (χ4n) is 1.80. The number of nitrogens with zero attached hydrogens (tertiary/aromatic N) is 3. The third kappa shape index (κ3) is 4.05. The summed E-state index contributed by atoms with van der Waals surface area (Å²) >= 11 is 0. The predicted molar refractivity (Wildman–Crippen MR) is 72.2 cm³/mol. The molecule has 6 heteroatoms. The van der Waals surface area contributed by atoms with Crippen molar-refractivity contribution in [1.29, 1.82) is 5.26 Å². The van der Waals surface area contributed by atoms with Gasteiger partial charge in [-0.2, -0.15) is 5.26 Å². The van der Waals surface area contributed by atoms with Gasteiger partial charge in [0.1, 0.15) is 5.69 Å². The number of hydrogen-bond acceptors (Lipinski definition) is 4. The van der Waals surface area contributed by atoms with Crippen LogP contribution in [0.4, 0.5) is 0 Å². The first-order chi connectivity index (χ1) is 9.47. The highest BCUT2D eigenvalue weighted by atomic mass is 16.4. The van der Waals surface area contributed by atoms with Gasteiger partial charge in [0.05, 0.1) is 18.1 Å². The molecule has 1 aromatic rings. The van der Waals surface area contributed by atoms with E-state index in [-0.39, 0.29) is 30.1 Å². The highest BCUT2D eigenvalue weighted by Gasteiger charge is 2.23. The molecule has 0 atom stereocenters. The second-order valence-corrected chi connectivity index (χ2v) is 4.76. The van der Waals surface area contributed by atoms with E-state index in [1.807, 2.05) is 19.9 Å². The van der Waals surface area contributed by atoms with Crippen LogP contribution in [0.25, 0.3) is 0 Å². The second-order valence-electron chi connectivity index (χ2n) is 4.76. The minimum Gasteiger partial charge on any atom is -0.478 e. The van der Waals surface area contributed by atoms with Crippen molar-refractivity contribution in [3.63, 3.8) is 0 Å². The van der Waals surface area contributed by atoms with Gasteiger partial charge in [-0.05, 0) is 18.1 Å². The van der Waals surface area contributed by atoms with Crippen molar-refractivity contribution < 1.29 is 14.7 Å². The third-order valence-electron chi connectivity index (χ3n) is 2.61. The van der Waals surface area contributed by atoms with Crippen molar-refractivity contribution in [1.82, 2.24) is 9.88 Å². The van der Waals surface area contributed by atoms with Gasteiger partial charge in [-0.3, -0.25) is 9.78 Å². The van der Waals surface area contributed by atoms with Crippen LogP contribution in [0, 0.1) is 17.2 Å². The summed E-state index contributed by atoms with van der Waals surface area (Å²) in [5.41, 5.74) is -0.207. The molecular formula is C14H17N3O3. The first-order valence-corrected chi connectivity index (χ1v) is 6.32. The highest BCUT2D eigenvalue weighted by Crippen LogP contribution is 2.11. The molecule has 1 amide bonds. The SMILES string of the molecule is CC(C)CN(CCC#N)C(=O)c1ncccc1C(=O)O. The van der Waals surface area contributed by atoms with E-state index in [9.17, 15) is 9.59 Å². The number of rotatable bonds is 6. The van der Waals surface area contributed by atoms with Gasteiger partial charge >= 0.3 is 5.97 Å². The summed E-state index contributed by atoms with van der Waals surface area (Å²) in [6, 6.07) is 4.81. The molecule has 6 nitrogen and oxygen atoms in total. The molecule has 0 radical (unpaired) electrons. The monoisotopic (exact) mass is 275 g/mol. The number of pyridine rings is 1. The second kappa shape index (κ2) is 7.24. The molecule has 0 bridgehead atoms. The highest BCUT2D eigenvalue weighted by molar-refractivity contribution is 6.03. The standard InChI is InChI=1S/C14H17N3O3/c1-10(2)9-17(8-4-6-15)13(18)12-11(14(19)20)5-3-7-16-12/h3,5,7,10H,4,8-9H2,1-2H3,(H,19,20). The fourth-order valence-corrected chi connectivity index (χ4v) is 1.80. The topological polar surface area (TPSA) is 94.3 Å². The van der Waals surface area contributed by atoms with E-state index in [1.165, 1.54) is 23.2 Å². The largest absolute Gasteiger partial charge is 0.478 e. The zero-order valence-electron chi connectivity index (χ0n) is 11.5. The van der Waals surface area contributed by atoms with Crippen molar-refractivity contribution >= 4 is 11.9 Å². The molecule has 1 aromatic heterocycles. The van der Waals surface area contributed by atoms with Gasteiger partial charge < -0.3 is 10.0 Å². The van der Waals surface area contributed by atoms with Crippen molar-refractivity contribution in [2.45, 2.75) is 20.3 Å². The lowest BCUT2D eigenvalue weighted by molar-refractivity contribution is 0.0668. The molecule has 0 saturated heterocycles. The molecule has 0 fully saturated rings. The average Bonchev–Trinajstić information content (AvgIpc) is 2.42. The van der Waals surface area contributed by atoms with Gasteiger partial charge in [0.2, 0.25) is 0 Å². The number of aromatic carboxylic acids is 1. The Labute approximate surface area is 117 Å². The quantitative estimate of drug-likeness (QED) is 0.854. The summed E-state index contributed by atoms with van der Waals surface area (Å²) < 4.78 is 0. The van der Waals surface area contributed by atoms with E-state index in [2.05, 4.69) is 4.98 Å². The van der Waals surface area contributed by atoms with E-state index in [4.69, 9.17) is 10.4 Å². The maximum atomic E-state index is 12.4. The lowest BCUT2D eigenvalue weighted by atomic mass is 10.1. The summed E-state index contributed by atoms with van der Waals surface area (Å²) in [7, 11) is 0. The zero-order valence-corrected chi connectivity index (χ0v) is 11.5. The molecule has 0 aromatic carbocycles. The molecule has 1 N–H and O–H groups in total. The number of nitriles is 1. The van der Waals surface area contributed by atoms with Crippen LogP contribution in [0.15, 0.2) is 18.3 Å². The van der Waals surface area contributed by atoms with Gasteiger partial charge in [0.25, 0.3) is 5.91 Å². The number of carboxylic acids is 1. The van der Waals surface area contributed by atoms with Crippen LogP contribution < -0.4 is 0 Å². The molecule has 0 spiro atoms. The zero-order chi connectivity index (χ0) is 15.1. The Hall–Kier alpha value is -2.42. The molecule has 0 aliphatic heterocycles. The summed E-state index contributed by atoms with van der Waals surface area (Å²) in [5.74, 6) is -1.42. The number of aromatic nitrogens is 1. The van der Waals surface area contributed by atoms with Gasteiger partial charge in [-0.15, -0.1) is 0 Å². The van der Waals surface area contributed by atoms with Crippen LogP contribution in [0.5, 0.6) is 0 Å². The van der Waals surface area contributed by atoms with E-state index < -0.39 is 11.9 Å². The summed E-state index contributed by atoms with van der Waals surface area (Å²) in [6.07, 6.45) is 1.59. The molecule has 1 heterocycles. The fraction of sp³-hybridized carbons (Fsp3) is 0.429. The van der Waals surface area contributed by atoms with E-state index in [0.717, 1.165) is 0 Å². The van der Waals surface area contributed by atoms with Crippen LogP contribution in [-0.2, 0) is 0 Å². The Morgan fingerprint density at radius 3 is 2.75 bits per heavy atom. The van der Waals surface area contributed by atoms with Crippen LogP contribution in [0.1, 0.15) is 41.1 Å². The normalized spacial score (nSPS) is 10.1. The van der Waals surface area contributed by atoms with Crippen LogP contribution in [-0.4, -0.2) is 40.0 Å². The Morgan fingerprint density at radius 1 is 1.50 bits per heavy atom. The number of hydrogen-bond donors (Lipinski definition) is 1. The Kier molecular flexibility index (Phi) is 5.66. The van der Waals surface area contributed by atoms with Crippen LogP contribution in [0.2, 0.25) is 0 Å². The molecule has 1 rings (SSSR count). The summed E-state index contributed by atoms with van der Waals surface area (Å²) in [5, 5.41) is 17.7. The van der Waals surface area contributed by atoms with Gasteiger partial charge in [0.15, 0.2) is 0 Å². The maximum absolute atomic E-state index is 12.4. The minimum atomic E-state index is -1.19. The van der Waals surface area contributed by atoms with Crippen molar-refractivity contribution in [3.05, 3.63) is 29.6 Å². The van der Waals surface area contributed by atoms with Gasteiger partial charge in [-0.25, -0.2) is 4.79 Å². The third-order valence-corrected chi connectivity index (χ3v) is 2.61. The lowest BCUT2D eigenvalue weighted by Crippen LogP contribution is -2.36. The van der Waals surface area contributed by atoms with Gasteiger partial charge in [-0.1, -0.05) is 13.8 Å². The average molecular weight is 275 g/mol. The first-order valence-electron chi connectivity index (χ1n) is 6.32. The van der Waals surface area contributed by atoms with Crippen LogP contribution >= 0.6 is 0 Å².